The molecule has 3 nitrogen and oxygen atoms in total. The second kappa shape index (κ2) is 5.60. The maximum Gasteiger partial charge on any atom is 0.135 e. The molecule has 0 saturated heterocycles. The molecule has 2 N–H and O–H groups in total. The van der Waals surface area contributed by atoms with Crippen LogP contribution in [0.5, 0.6) is 0 Å². The maximum absolute atomic E-state index is 9.76. The van der Waals surface area contributed by atoms with E-state index in [0.717, 1.165) is 19.3 Å². The van der Waals surface area contributed by atoms with Gasteiger partial charge >= 0.3 is 0 Å². The van der Waals surface area contributed by atoms with Crippen LogP contribution in [0.4, 0.5) is 0 Å². The van der Waals surface area contributed by atoms with Gasteiger partial charge in [-0.25, -0.2) is 4.98 Å². The van der Waals surface area contributed by atoms with Crippen LogP contribution in [0.2, 0.25) is 0 Å². The average Bonchev–Trinajstić information content (AvgIpc) is 2.69. The molecule has 14 heavy (non-hydrogen) atoms. The zero-order valence-electron chi connectivity index (χ0n) is 8.66. The number of hydrogen-bond donors (Lipinski definition) is 2. The first-order chi connectivity index (χ1) is 6.75. The van der Waals surface area contributed by atoms with Crippen LogP contribution in [0, 0.1) is 0 Å². The van der Waals surface area contributed by atoms with E-state index in [1.807, 2.05) is 0 Å². The van der Waals surface area contributed by atoms with Crippen molar-refractivity contribution in [2.75, 3.05) is 0 Å². The zero-order valence-corrected chi connectivity index (χ0v) is 8.66. The fourth-order valence-electron chi connectivity index (χ4n) is 1.36. The summed E-state index contributed by atoms with van der Waals surface area (Å²) in [5.74, 6) is 0.689. The number of unbranched alkanes of at least 4 members (excludes halogenated alkanes) is 2. The number of hydrogen-bond acceptors (Lipinski definition) is 2. The van der Waals surface area contributed by atoms with Crippen LogP contribution >= 0.6 is 0 Å². The summed E-state index contributed by atoms with van der Waals surface area (Å²) in [5.41, 5.74) is 0.686. The topological polar surface area (TPSA) is 48.9 Å². The maximum atomic E-state index is 9.76. The third-order valence-electron chi connectivity index (χ3n) is 2.29. The standard InChI is InChI=1S/C11H18N2O/c1-3-4-5-6-10(14)9(2)11-12-7-8-13-11/h7-8,10,14H,2-6H2,1H3,(H,12,13). The first-order valence-corrected chi connectivity index (χ1v) is 5.12. The van der Waals surface area contributed by atoms with Crippen LogP contribution < -0.4 is 0 Å². The Labute approximate surface area is 84.9 Å². The van der Waals surface area contributed by atoms with E-state index in [4.69, 9.17) is 0 Å². The molecule has 1 atom stereocenters. The van der Waals surface area contributed by atoms with Crippen molar-refractivity contribution in [3.05, 3.63) is 24.8 Å². The molecule has 1 heterocycles. The van der Waals surface area contributed by atoms with Gasteiger partial charge < -0.3 is 10.1 Å². The normalized spacial score (nSPS) is 12.7. The molecule has 0 amide bonds. The van der Waals surface area contributed by atoms with Crippen molar-refractivity contribution < 1.29 is 5.11 Å². The molecule has 78 valence electrons. The van der Waals surface area contributed by atoms with Crippen molar-refractivity contribution in [3.63, 3.8) is 0 Å². The summed E-state index contributed by atoms with van der Waals surface area (Å²) in [7, 11) is 0. The molecule has 0 radical (unpaired) electrons. The molecule has 1 aromatic rings. The molecule has 0 saturated carbocycles. The van der Waals surface area contributed by atoms with Crippen LogP contribution in [0.3, 0.4) is 0 Å². The molecule has 1 unspecified atom stereocenters. The van der Waals surface area contributed by atoms with Crippen LogP contribution in [-0.2, 0) is 0 Å². The molecular weight excluding hydrogens is 176 g/mol. The SMILES string of the molecule is C=C(c1ncc[nH]1)C(O)CCCCC. The van der Waals surface area contributed by atoms with Crippen LogP contribution in [0.25, 0.3) is 5.57 Å². The Morgan fingerprint density at radius 2 is 2.43 bits per heavy atom. The largest absolute Gasteiger partial charge is 0.388 e. The minimum atomic E-state index is -0.465. The third-order valence-corrected chi connectivity index (χ3v) is 2.29. The van der Waals surface area contributed by atoms with Crippen molar-refractivity contribution >= 4 is 5.57 Å². The smallest absolute Gasteiger partial charge is 0.135 e. The second-order valence-electron chi connectivity index (χ2n) is 3.47. The van der Waals surface area contributed by atoms with Gasteiger partial charge in [0.25, 0.3) is 0 Å². The van der Waals surface area contributed by atoms with Crippen LogP contribution in [0.15, 0.2) is 19.0 Å². The number of H-pyrrole nitrogens is 1. The predicted molar refractivity (Wildman–Crippen MR) is 57.8 cm³/mol. The van der Waals surface area contributed by atoms with E-state index in [0.29, 0.717) is 11.4 Å². The minimum absolute atomic E-state index is 0.465. The number of rotatable bonds is 6. The molecule has 1 rings (SSSR count). The second-order valence-corrected chi connectivity index (χ2v) is 3.47. The van der Waals surface area contributed by atoms with E-state index >= 15 is 0 Å². The summed E-state index contributed by atoms with van der Waals surface area (Å²) >= 11 is 0. The number of nitrogens with zero attached hydrogens (tertiary/aromatic N) is 1. The molecule has 1 aromatic heterocycles. The lowest BCUT2D eigenvalue weighted by atomic mass is 10.0. The fraction of sp³-hybridized carbons (Fsp3) is 0.545. The number of aliphatic hydroxyl groups is 1. The Bertz CT molecular complexity index is 267. The van der Waals surface area contributed by atoms with Gasteiger partial charge in [0, 0.05) is 18.0 Å². The highest BCUT2D eigenvalue weighted by Crippen LogP contribution is 2.16. The monoisotopic (exact) mass is 194 g/mol. The Morgan fingerprint density at radius 3 is 3.00 bits per heavy atom. The van der Waals surface area contributed by atoms with Gasteiger partial charge in [-0.2, -0.15) is 0 Å². The van der Waals surface area contributed by atoms with E-state index in [1.165, 1.54) is 6.42 Å². The van der Waals surface area contributed by atoms with Crippen LogP contribution in [-0.4, -0.2) is 21.2 Å². The molecule has 0 aromatic carbocycles. The molecule has 0 aliphatic rings. The first kappa shape index (κ1) is 11.0. The lowest BCUT2D eigenvalue weighted by Gasteiger charge is -2.11. The summed E-state index contributed by atoms with van der Waals surface area (Å²) in [6.07, 6.45) is 7.07. The summed E-state index contributed by atoms with van der Waals surface area (Å²) < 4.78 is 0. The average molecular weight is 194 g/mol. The van der Waals surface area contributed by atoms with Gasteiger partial charge in [-0.15, -0.1) is 0 Å². The van der Waals surface area contributed by atoms with Crippen molar-refractivity contribution in [2.24, 2.45) is 0 Å². The predicted octanol–water partition coefficient (Wildman–Crippen LogP) is 2.36. The molecule has 3 heteroatoms. The van der Waals surface area contributed by atoms with Crippen molar-refractivity contribution in [3.8, 4) is 0 Å². The highest BCUT2D eigenvalue weighted by Gasteiger charge is 2.11. The summed E-state index contributed by atoms with van der Waals surface area (Å²) in [4.78, 5) is 6.99. The zero-order chi connectivity index (χ0) is 10.4. The number of aromatic nitrogens is 2. The van der Waals surface area contributed by atoms with E-state index < -0.39 is 6.10 Å². The minimum Gasteiger partial charge on any atom is -0.388 e. The Hall–Kier alpha value is -1.09. The highest BCUT2D eigenvalue weighted by molar-refractivity contribution is 5.60. The lowest BCUT2D eigenvalue weighted by molar-refractivity contribution is 0.217. The van der Waals surface area contributed by atoms with Crippen molar-refractivity contribution in [1.82, 2.24) is 9.97 Å². The number of nitrogens with one attached hydrogen (secondary N) is 1. The summed E-state index contributed by atoms with van der Waals surface area (Å²) in [5, 5.41) is 9.76. The fourth-order valence-corrected chi connectivity index (χ4v) is 1.36. The molecule has 0 aliphatic carbocycles. The van der Waals surface area contributed by atoms with Gasteiger partial charge in [-0.05, 0) is 6.42 Å². The Kier molecular flexibility index (Phi) is 4.40. The quantitative estimate of drug-likeness (QED) is 0.683. The highest BCUT2D eigenvalue weighted by atomic mass is 16.3. The van der Waals surface area contributed by atoms with Gasteiger partial charge in [0.1, 0.15) is 5.82 Å². The van der Waals surface area contributed by atoms with Crippen molar-refractivity contribution in [2.45, 2.75) is 38.7 Å². The molecule has 0 fully saturated rings. The molecule has 0 spiro atoms. The Morgan fingerprint density at radius 1 is 1.64 bits per heavy atom. The summed E-state index contributed by atoms with van der Waals surface area (Å²) in [6.45, 7) is 5.98. The third kappa shape index (κ3) is 3.00. The van der Waals surface area contributed by atoms with E-state index in [9.17, 15) is 5.11 Å². The van der Waals surface area contributed by atoms with Gasteiger partial charge in [-0.1, -0.05) is 32.8 Å². The van der Waals surface area contributed by atoms with Gasteiger partial charge in [-0.3, -0.25) is 0 Å². The van der Waals surface area contributed by atoms with E-state index in [2.05, 4.69) is 23.5 Å². The van der Waals surface area contributed by atoms with Crippen molar-refractivity contribution in [1.29, 1.82) is 0 Å². The van der Waals surface area contributed by atoms with E-state index in [-0.39, 0.29) is 0 Å². The first-order valence-electron chi connectivity index (χ1n) is 5.12. The summed E-state index contributed by atoms with van der Waals surface area (Å²) in [6, 6.07) is 0. The molecule has 0 bridgehead atoms. The van der Waals surface area contributed by atoms with Gasteiger partial charge in [0.15, 0.2) is 0 Å². The lowest BCUT2D eigenvalue weighted by Crippen LogP contribution is -2.09. The number of aliphatic hydroxyl groups excluding tert-OH is 1. The Balaban J connectivity index is 2.37. The van der Waals surface area contributed by atoms with Crippen LogP contribution in [0.1, 0.15) is 38.4 Å². The van der Waals surface area contributed by atoms with E-state index in [1.54, 1.807) is 12.4 Å². The molecular formula is C11H18N2O. The van der Waals surface area contributed by atoms with Gasteiger partial charge in [0.05, 0.1) is 6.10 Å². The number of aromatic amines is 1. The van der Waals surface area contributed by atoms with Gasteiger partial charge in [0.2, 0.25) is 0 Å². The molecule has 0 aliphatic heterocycles. The number of imidazole rings is 1.